The van der Waals surface area contributed by atoms with Crippen molar-refractivity contribution in [3.8, 4) is 50.5 Å². The number of nitrogens with zero attached hydrogens (tertiary/aromatic N) is 2. The van der Waals surface area contributed by atoms with E-state index < -0.39 is 5.41 Å². The van der Waals surface area contributed by atoms with Crippen LogP contribution in [0.5, 0.6) is 0 Å². The second-order valence-corrected chi connectivity index (χ2v) is 16.1. The number of para-hydroxylation sites is 2. The van der Waals surface area contributed by atoms with Gasteiger partial charge in [-0.15, -0.1) is 0 Å². The first-order chi connectivity index (χ1) is 28.3. The molecule has 0 bridgehead atoms. The Labute approximate surface area is 335 Å². The van der Waals surface area contributed by atoms with Crippen LogP contribution in [0.1, 0.15) is 22.3 Å². The SMILES string of the molecule is c1ccc(-c2cc(-c3ccccc3)nc(-c3cccc4c3Sc3ccc(-n5c6ccccc6c6ccccc65)cc3C43c4ccccc4-c4ccccc43)c2)cc1. The van der Waals surface area contributed by atoms with E-state index in [4.69, 9.17) is 4.98 Å². The van der Waals surface area contributed by atoms with E-state index in [0.717, 1.165) is 33.8 Å². The van der Waals surface area contributed by atoms with Crippen LogP contribution in [0.2, 0.25) is 0 Å². The van der Waals surface area contributed by atoms with Gasteiger partial charge in [0, 0.05) is 37.4 Å². The Kier molecular flexibility index (Phi) is 7.11. The summed E-state index contributed by atoms with van der Waals surface area (Å²) >= 11 is 1.88. The van der Waals surface area contributed by atoms with Gasteiger partial charge in [0.1, 0.15) is 0 Å². The molecule has 0 fully saturated rings. The van der Waals surface area contributed by atoms with Crippen molar-refractivity contribution in [2.24, 2.45) is 0 Å². The van der Waals surface area contributed by atoms with E-state index in [1.54, 1.807) is 0 Å². The monoisotopic (exact) mass is 742 g/mol. The summed E-state index contributed by atoms with van der Waals surface area (Å²) in [4.78, 5) is 7.96. The maximum Gasteiger partial charge on any atom is 0.0736 e. The second kappa shape index (κ2) is 12.5. The molecule has 10 aromatic rings. The summed E-state index contributed by atoms with van der Waals surface area (Å²) in [6, 6.07) is 75.5. The molecule has 12 rings (SSSR count). The molecule has 0 amide bonds. The third kappa shape index (κ3) is 4.70. The molecule has 2 aromatic heterocycles. The van der Waals surface area contributed by atoms with Gasteiger partial charge in [0.2, 0.25) is 0 Å². The normalized spacial score (nSPS) is 13.3. The van der Waals surface area contributed by atoms with Gasteiger partial charge in [-0.25, -0.2) is 4.98 Å². The zero-order valence-corrected chi connectivity index (χ0v) is 31.7. The van der Waals surface area contributed by atoms with Gasteiger partial charge in [-0.1, -0.05) is 176 Å². The van der Waals surface area contributed by atoms with E-state index in [0.29, 0.717) is 0 Å². The van der Waals surface area contributed by atoms with Gasteiger partial charge in [0.05, 0.1) is 27.8 Å². The Hall–Kier alpha value is -6.94. The molecule has 1 aliphatic carbocycles. The van der Waals surface area contributed by atoms with Crippen LogP contribution in [0.15, 0.2) is 216 Å². The summed E-state index contributed by atoms with van der Waals surface area (Å²) in [5, 5.41) is 2.53. The Balaban J connectivity index is 1.15. The zero-order chi connectivity index (χ0) is 37.5. The van der Waals surface area contributed by atoms with Gasteiger partial charge in [0.25, 0.3) is 0 Å². The molecular weight excluding hydrogens is 709 g/mol. The Bertz CT molecular complexity index is 3060. The summed E-state index contributed by atoms with van der Waals surface area (Å²) in [5.74, 6) is 0. The molecule has 1 aliphatic heterocycles. The van der Waals surface area contributed by atoms with Gasteiger partial charge in [0.15, 0.2) is 0 Å². The molecular formula is C54H34N2S. The van der Waals surface area contributed by atoms with E-state index in [1.807, 2.05) is 11.8 Å². The molecule has 0 unspecified atom stereocenters. The Morgan fingerprint density at radius 3 is 1.61 bits per heavy atom. The number of hydrogen-bond donors (Lipinski definition) is 0. The number of pyridine rings is 1. The molecule has 0 N–H and O–H groups in total. The molecule has 266 valence electrons. The average Bonchev–Trinajstić information content (AvgIpc) is 3.78. The van der Waals surface area contributed by atoms with Crippen LogP contribution in [0.25, 0.3) is 72.3 Å². The summed E-state index contributed by atoms with van der Waals surface area (Å²) in [6.45, 7) is 0. The first kappa shape index (κ1) is 32.3. The molecule has 2 aliphatic rings. The summed E-state index contributed by atoms with van der Waals surface area (Å²) in [5.41, 5.74) is 17.4. The Morgan fingerprint density at radius 1 is 0.386 bits per heavy atom. The van der Waals surface area contributed by atoms with E-state index in [2.05, 4.69) is 211 Å². The third-order valence-electron chi connectivity index (χ3n) is 12.1. The van der Waals surface area contributed by atoms with Crippen LogP contribution in [0.4, 0.5) is 0 Å². The van der Waals surface area contributed by atoms with E-state index in [9.17, 15) is 0 Å². The van der Waals surface area contributed by atoms with Crippen molar-refractivity contribution < 1.29 is 0 Å². The van der Waals surface area contributed by atoms with Crippen molar-refractivity contribution in [2.75, 3.05) is 0 Å². The van der Waals surface area contributed by atoms with Gasteiger partial charge in [-0.05, 0) is 87.0 Å². The lowest BCUT2D eigenvalue weighted by Gasteiger charge is -2.40. The highest BCUT2D eigenvalue weighted by atomic mass is 32.2. The molecule has 0 saturated carbocycles. The topological polar surface area (TPSA) is 17.8 Å². The fourth-order valence-corrected chi connectivity index (χ4v) is 11.0. The highest BCUT2D eigenvalue weighted by Gasteiger charge is 2.50. The largest absolute Gasteiger partial charge is 0.309 e. The molecule has 1 spiro atoms. The molecule has 3 heterocycles. The number of fused-ring (bicyclic) bond motifs is 12. The van der Waals surface area contributed by atoms with Crippen molar-refractivity contribution in [3.05, 3.63) is 229 Å². The molecule has 57 heavy (non-hydrogen) atoms. The lowest BCUT2D eigenvalue weighted by atomic mass is 9.67. The first-order valence-electron chi connectivity index (χ1n) is 19.5. The van der Waals surface area contributed by atoms with E-state index in [-0.39, 0.29) is 0 Å². The number of benzene rings is 8. The highest BCUT2D eigenvalue weighted by molar-refractivity contribution is 7.99. The third-order valence-corrected chi connectivity index (χ3v) is 13.3. The summed E-state index contributed by atoms with van der Waals surface area (Å²) < 4.78 is 2.45. The molecule has 3 heteroatoms. The lowest BCUT2D eigenvalue weighted by molar-refractivity contribution is 0.722. The highest BCUT2D eigenvalue weighted by Crippen LogP contribution is 2.63. The van der Waals surface area contributed by atoms with Crippen molar-refractivity contribution in [1.82, 2.24) is 9.55 Å². The second-order valence-electron chi connectivity index (χ2n) is 15.0. The molecule has 0 radical (unpaired) electrons. The smallest absolute Gasteiger partial charge is 0.0736 e. The minimum atomic E-state index is -0.548. The molecule has 0 atom stereocenters. The molecule has 0 saturated heterocycles. The van der Waals surface area contributed by atoms with Crippen LogP contribution in [0, 0.1) is 0 Å². The number of hydrogen-bond acceptors (Lipinski definition) is 2. The van der Waals surface area contributed by atoms with Crippen LogP contribution >= 0.6 is 11.8 Å². The maximum atomic E-state index is 5.46. The van der Waals surface area contributed by atoms with Gasteiger partial charge in [-0.2, -0.15) is 0 Å². The molecule has 8 aromatic carbocycles. The standard InChI is InChI=1S/C54H34N2S/c1-3-16-35(17-4-1)37-32-48(36-18-5-2-6-19-36)55-49(33-37)43-24-15-27-46-53(43)57-52-31-30-38(56-50-28-13-9-22-41(50)42-23-10-14-29-51(42)56)34-47(52)54(46)44-25-11-7-20-39(44)40-21-8-12-26-45(40)54/h1-34H. The maximum absolute atomic E-state index is 5.46. The minimum absolute atomic E-state index is 0.548. The first-order valence-corrected chi connectivity index (χ1v) is 20.4. The van der Waals surface area contributed by atoms with Crippen molar-refractivity contribution >= 4 is 33.6 Å². The lowest BCUT2D eigenvalue weighted by Crippen LogP contribution is -2.32. The fraction of sp³-hybridized carbons (Fsp3) is 0.0185. The average molecular weight is 743 g/mol. The van der Waals surface area contributed by atoms with E-state index >= 15 is 0 Å². The van der Waals surface area contributed by atoms with Crippen LogP contribution < -0.4 is 0 Å². The van der Waals surface area contributed by atoms with Crippen LogP contribution in [0.3, 0.4) is 0 Å². The quantitative estimate of drug-likeness (QED) is 0.179. The van der Waals surface area contributed by atoms with Crippen molar-refractivity contribution in [1.29, 1.82) is 0 Å². The van der Waals surface area contributed by atoms with Crippen molar-refractivity contribution in [2.45, 2.75) is 15.2 Å². The van der Waals surface area contributed by atoms with Crippen LogP contribution in [-0.4, -0.2) is 9.55 Å². The minimum Gasteiger partial charge on any atom is -0.309 e. The number of rotatable bonds is 4. The number of aromatic nitrogens is 2. The van der Waals surface area contributed by atoms with Crippen LogP contribution in [-0.2, 0) is 5.41 Å². The predicted octanol–water partition coefficient (Wildman–Crippen LogP) is 14.0. The van der Waals surface area contributed by atoms with Crippen molar-refractivity contribution in [3.63, 3.8) is 0 Å². The Morgan fingerprint density at radius 2 is 0.930 bits per heavy atom. The molecule has 2 nitrogen and oxygen atoms in total. The predicted molar refractivity (Wildman–Crippen MR) is 236 cm³/mol. The zero-order valence-electron chi connectivity index (χ0n) is 30.9. The van der Waals surface area contributed by atoms with Gasteiger partial charge >= 0.3 is 0 Å². The fourth-order valence-electron chi connectivity index (χ4n) is 9.68. The summed E-state index contributed by atoms with van der Waals surface area (Å²) in [7, 11) is 0. The van der Waals surface area contributed by atoms with Gasteiger partial charge in [-0.3, -0.25) is 0 Å². The van der Waals surface area contributed by atoms with E-state index in [1.165, 1.54) is 70.5 Å². The summed E-state index contributed by atoms with van der Waals surface area (Å²) in [6.07, 6.45) is 0. The van der Waals surface area contributed by atoms with Gasteiger partial charge < -0.3 is 4.57 Å².